The normalized spacial score (nSPS) is 12.1. The second-order valence-corrected chi connectivity index (χ2v) is 7.38. The van der Waals surface area contributed by atoms with Crippen molar-refractivity contribution < 1.29 is 9.00 Å². The van der Waals surface area contributed by atoms with Gasteiger partial charge in [-0.05, 0) is 18.6 Å². The van der Waals surface area contributed by atoms with E-state index >= 15 is 0 Å². The number of pyridine rings is 1. The average Bonchev–Trinajstić information content (AvgIpc) is 3.00. The molecule has 118 valence electrons. The van der Waals surface area contributed by atoms with E-state index in [-0.39, 0.29) is 5.91 Å². The molecule has 2 aromatic rings. The molecule has 1 unspecified atom stereocenters. The van der Waals surface area contributed by atoms with Crippen LogP contribution in [0.1, 0.15) is 19.8 Å². The van der Waals surface area contributed by atoms with Crippen molar-refractivity contribution in [3.05, 3.63) is 30.7 Å². The van der Waals surface area contributed by atoms with E-state index < -0.39 is 10.8 Å². The number of rotatable bonds is 7. The van der Waals surface area contributed by atoms with E-state index in [0.717, 1.165) is 22.0 Å². The number of amides is 1. The van der Waals surface area contributed by atoms with Crippen molar-refractivity contribution in [1.29, 1.82) is 0 Å². The minimum Gasteiger partial charge on any atom is -0.302 e. The van der Waals surface area contributed by atoms with Crippen LogP contribution in [0.15, 0.2) is 30.7 Å². The summed E-state index contributed by atoms with van der Waals surface area (Å²) in [5.41, 5.74) is 0.942. The fourth-order valence-electron chi connectivity index (χ4n) is 1.96. The van der Waals surface area contributed by atoms with Crippen molar-refractivity contribution in [3.63, 3.8) is 0 Å². The molecule has 0 aliphatic rings. The first-order valence-corrected chi connectivity index (χ1v) is 9.62. The van der Waals surface area contributed by atoms with Crippen molar-refractivity contribution in [1.82, 2.24) is 9.97 Å². The highest BCUT2D eigenvalue weighted by Crippen LogP contribution is 2.31. The average molecular weight is 337 g/mol. The maximum absolute atomic E-state index is 12.3. The Hall–Kier alpha value is -1.60. The van der Waals surface area contributed by atoms with Crippen LogP contribution in [-0.4, -0.2) is 38.6 Å². The van der Waals surface area contributed by atoms with Gasteiger partial charge in [-0.25, -0.2) is 4.98 Å². The van der Waals surface area contributed by atoms with Crippen LogP contribution in [0.2, 0.25) is 0 Å². The highest BCUT2D eigenvalue weighted by atomic mass is 32.2. The number of hydrogen-bond donors (Lipinski definition) is 0. The van der Waals surface area contributed by atoms with Crippen molar-refractivity contribution >= 4 is 33.0 Å². The summed E-state index contributed by atoms with van der Waals surface area (Å²) in [6, 6.07) is 3.81. The summed E-state index contributed by atoms with van der Waals surface area (Å²) in [4.78, 5) is 22.6. The fraction of sp³-hybridized carbons (Fsp3) is 0.400. The molecule has 0 bridgehead atoms. The van der Waals surface area contributed by atoms with E-state index in [1.165, 1.54) is 11.3 Å². The molecule has 22 heavy (non-hydrogen) atoms. The Kier molecular flexibility index (Phi) is 6.21. The Balaban J connectivity index is 2.17. The van der Waals surface area contributed by atoms with Gasteiger partial charge in [0.05, 0.1) is 6.20 Å². The quantitative estimate of drug-likeness (QED) is 0.779. The smallest absolute Gasteiger partial charge is 0.228 e. The molecule has 2 heterocycles. The van der Waals surface area contributed by atoms with Crippen LogP contribution in [0.25, 0.3) is 10.6 Å². The molecule has 1 amide bonds. The molecule has 0 radical (unpaired) electrons. The molecule has 5 nitrogen and oxygen atoms in total. The van der Waals surface area contributed by atoms with Crippen molar-refractivity contribution in [2.75, 3.05) is 23.5 Å². The predicted octanol–water partition coefficient (Wildman–Crippen LogP) is 2.72. The fourth-order valence-corrected chi connectivity index (χ4v) is 3.37. The van der Waals surface area contributed by atoms with Crippen molar-refractivity contribution in [2.45, 2.75) is 19.8 Å². The Morgan fingerprint density at radius 2 is 2.23 bits per heavy atom. The first-order valence-electron chi connectivity index (χ1n) is 7.08. The zero-order valence-corrected chi connectivity index (χ0v) is 14.3. The van der Waals surface area contributed by atoms with E-state index in [0.29, 0.717) is 18.7 Å². The summed E-state index contributed by atoms with van der Waals surface area (Å²) in [6.45, 7) is 2.67. The second-order valence-electron chi connectivity index (χ2n) is 4.82. The largest absolute Gasteiger partial charge is 0.302 e. The summed E-state index contributed by atoms with van der Waals surface area (Å²) in [5.74, 6) is 0.395. The van der Waals surface area contributed by atoms with Crippen LogP contribution in [0.3, 0.4) is 0 Å². The number of aromatic nitrogens is 2. The third-order valence-electron chi connectivity index (χ3n) is 3.02. The van der Waals surface area contributed by atoms with Gasteiger partial charge in [0.2, 0.25) is 5.91 Å². The lowest BCUT2D eigenvalue weighted by atomic mass is 10.3. The van der Waals surface area contributed by atoms with Gasteiger partial charge in [-0.15, -0.1) is 0 Å². The zero-order chi connectivity index (χ0) is 15.9. The van der Waals surface area contributed by atoms with Crippen molar-refractivity contribution in [2.24, 2.45) is 0 Å². The Bertz CT molecular complexity index is 643. The predicted molar refractivity (Wildman–Crippen MR) is 91.5 cm³/mol. The van der Waals surface area contributed by atoms with Gasteiger partial charge in [0.15, 0.2) is 0 Å². The van der Waals surface area contributed by atoms with Crippen LogP contribution in [0.5, 0.6) is 0 Å². The Morgan fingerprint density at radius 3 is 2.86 bits per heavy atom. The first-order chi connectivity index (χ1) is 10.6. The van der Waals surface area contributed by atoms with Gasteiger partial charge in [0.25, 0.3) is 0 Å². The maximum Gasteiger partial charge on any atom is 0.228 e. The van der Waals surface area contributed by atoms with E-state index in [4.69, 9.17) is 0 Å². The van der Waals surface area contributed by atoms with Gasteiger partial charge in [0.1, 0.15) is 10.0 Å². The summed E-state index contributed by atoms with van der Waals surface area (Å²) < 4.78 is 11.2. The standard InChI is InChI=1S/C15H19N3O2S2/c1-3-8-18(13(19)6-9-22(2)20)14-11-17-15(21-14)12-5-4-7-16-10-12/h4-5,7,10-11H,3,6,8-9H2,1-2H3. The van der Waals surface area contributed by atoms with E-state index in [9.17, 15) is 9.00 Å². The molecule has 0 aliphatic heterocycles. The van der Waals surface area contributed by atoms with Gasteiger partial charge in [-0.1, -0.05) is 18.3 Å². The van der Waals surface area contributed by atoms with E-state index in [1.54, 1.807) is 29.7 Å². The SMILES string of the molecule is CCCN(C(=O)CCS(C)=O)c1cnc(-c2cccnc2)s1. The number of carbonyl (C=O) groups excluding carboxylic acids is 1. The molecule has 0 saturated carbocycles. The summed E-state index contributed by atoms with van der Waals surface area (Å²) >= 11 is 1.47. The lowest BCUT2D eigenvalue weighted by molar-refractivity contribution is -0.118. The Morgan fingerprint density at radius 1 is 1.41 bits per heavy atom. The second kappa shape index (κ2) is 8.14. The van der Waals surface area contributed by atoms with Crippen LogP contribution in [0, 0.1) is 0 Å². The number of carbonyl (C=O) groups is 1. The van der Waals surface area contributed by atoms with Crippen LogP contribution < -0.4 is 4.90 Å². The minimum atomic E-state index is -0.955. The van der Waals surface area contributed by atoms with Gasteiger partial charge in [-0.2, -0.15) is 0 Å². The molecule has 2 rings (SSSR count). The molecule has 0 aliphatic carbocycles. The molecule has 7 heteroatoms. The lowest BCUT2D eigenvalue weighted by Crippen LogP contribution is -2.31. The van der Waals surface area contributed by atoms with Crippen LogP contribution in [-0.2, 0) is 15.6 Å². The molecule has 0 N–H and O–H groups in total. The van der Waals surface area contributed by atoms with Gasteiger partial charge >= 0.3 is 0 Å². The van der Waals surface area contributed by atoms with Crippen LogP contribution in [0.4, 0.5) is 5.00 Å². The summed E-state index contributed by atoms with van der Waals surface area (Å²) in [7, 11) is -0.955. The van der Waals surface area contributed by atoms with Gasteiger partial charge < -0.3 is 4.90 Å². The number of thiazole rings is 1. The highest BCUT2D eigenvalue weighted by molar-refractivity contribution is 7.84. The topological polar surface area (TPSA) is 63.2 Å². The zero-order valence-electron chi connectivity index (χ0n) is 12.7. The van der Waals surface area contributed by atoms with Gasteiger partial charge in [0, 0.05) is 53.7 Å². The molecular formula is C15H19N3O2S2. The van der Waals surface area contributed by atoms with Crippen molar-refractivity contribution in [3.8, 4) is 10.6 Å². The molecule has 0 spiro atoms. The first kappa shape index (κ1) is 16.8. The molecule has 1 atom stereocenters. The molecule has 0 fully saturated rings. The Labute approximate surface area is 136 Å². The van der Waals surface area contributed by atoms with Crippen LogP contribution >= 0.6 is 11.3 Å². The number of hydrogen-bond acceptors (Lipinski definition) is 5. The molecule has 0 aromatic carbocycles. The van der Waals surface area contributed by atoms with E-state index in [2.05, 4.69) is 9.97 Å². The summed E-state index contributed by atoms with van der Waals surface area (Å²) in [6.07, 6.45) is 7.98. The highest BCUT2D eigenvalue weighted by Gasteiger charge is 2.18. The van der Waals surface area contributed by atoms with E-state index in [1.807, 2.05) is 19.1 Å². The van der Waals surface area contributed by atoms with Gasteiger partial charge in [-0.3, -0.25) is 14.0 Å². The maximum atomic E-state index is 12.3. The third kappa shape index (κ3) is 4.45. The summed E-state index contributed by atoms with van der Waals surface area (Å²) in [5, 5.41) is 1.67. The lowest BCUT2D eigenvalue weighted by Gasteiger charge is -2.19. The number of nitrogens with zero attached hydrogens (tertiary/aromatic N) is 3. The minimum absolute atomic E-state index is 0.00145. The molecule has 0 saturated heterocycles. The molecule has 2 aromatic heterocycles. The molecular weight excluding hydrogens is 318 g/mol. The monoisotopic (exact) mass is 337 g/mol. The third-order valence-corrected chi connectivity index (χ3v) is 4.87. The number of anilines is 1.